The van der Waals surface area contributed by atoms with Crippen molar-refractivity contribution in [2.75, 3.05) is 14.2 Å². The van der Waals surface area contributed by atoms with Gasteiger partial charge in [0.25, 0.3) is 0 Å². The van der Waals surface area contributed by atoms with Gasteiger partial charge >= 0.3 is 0 Å². The smallest absolute Gasteiger partial charge is 0.191 e. The van der Waals surface area contributed by atoms with E-state index in [4.69, 9.17) is 9.47 Å². The summed E-state index contributed by atoms with van der Waals surface area (Å²) in [4.78, 5) is 12.6. The van der Waals surface area contributed by atoms with Crippen molar-refractivity contribution >= 4 is 29.8 Å². The minimum absolute atomic E-state index is 0.124. The number of benzene rings is 1. The molecular weight excluding hydrogens is 384 g/mol. The van der Waals surface area contributed by atoms with Crippen LogP contribution in [0, 0.1) is 0 Å². The van der Waals surface area contributed by atoms with E-state index in [1.54, 1.807) is 14.2 Å². The number of ether oxygens (including phenoxy) is 2. The number of carbonyl (C=O) groups is 1. The van der Waals surface area contributed by atoms with E-state index in [-0.39, 0.29) is 11.2 Å². The van der Waals surface area contributed by atoms with Crippen LogP contribution in [-0.4, -0.2) is 28.1 Å². The van der Waals surface area contributed by atoms with Crippen molar-refractivity contribution in [2.45, 2.75) is 38.4 Å². The molecule has 0 aliphatic heterocycles. The Morgan fingerprint density at radius 2 is 1.71 bits per heavy atom. The molecule has 0 saturated carbocycles. The quantitative estimate of drug-likeness (QED) is 0.641. The molecule has 3 nitrogen and oxygen atoms in total. The molecule has 5 heteroatoms. The summed E-state index contributed by atoms with van der Waals surface area (Å²) in [5, 5.41) is 0.966. The number of hydrogen-bond donors (Lipinski definition) is 0. The Bertz CT molecular complexity index is 716. The highest BCUT2D eigenvalue weighted by Gasteiger charge is 2.38. The molecule has 0 spiro atoms. The third kappa shape index (κ3) is 3.38. The van der Waals surface area contributed by atoms with Crippen LogP contribution < -0.4 is 9.47 Å². The van der Waals surface area contributed by atoms with E-state index in [1.807, 2.05) is 18.2 Å². The number of carbonyl (C=O) groups excluding carboxylic acids is 1. The van der Waals surface area contributed by atoms with E-state index in [2.05, 4.69) is 54.6 Å². The minimum Gasteiger partial charge on any atom is -0.493 e. The molecule has 0 saturated heterocycles. The molecule has 1 aromatic carbocycles. The highest BCUT2D eigenvalue weighted by Crippen LogP contribution is 2.43. The van der Waals surface area contributed by atoms with Gasteiger partial charge in [0.1, 0.15) is 0 Å². The number of rotatable bonds is 5. The molecule has 1 unspecified atom stereocenters. The first kappa shape index (κ1) is 19.0. The van der Waals surface area contributed by atoms with Gasteiger partial charge in [-0.2, -0.15) is 0 Å². The van der Waals surface area contributed by atoms with Gasteiger partial charge in [0.15, 0.2) is 17.3 Å². The van der Waals surface area contributed by atoms with Crippen LogP contribution in [0.3, 0.4) is 0 Å². The molecule has 24 heavy (non-hydrogen) atoms. The van der Waals surface area contributed by atoms with Crippen molar-refractivity contribution in [3.63, 3.8) is 0 Å². The largest absolute Gasteiger partial charge is 0.493 e. The van der Waals surface area contributed by atoms with Crippen molar-refractivity contribution in [1.29, 1.82) is 0 Å². The maximum absolute atomic E-state index is 12.6. The second-order valence-electron chi connectivity index (χ2n) is 7.09. The maximum Gasteiger partial charge on any atom is 0.191 e. The Balaban J connectivity index is 2.67. The first-order valence-electron chi connectivity index (χ1n) is 8.07. The van der Waals surface area contributed by atoms with Gasteiger partial charge in [-0.3, -0.25) is 4.79 Å². The van der Waals surface area contributed by atoms with E-state index >= 15 is 0 Å². The zero-order valence-electron chi connectivity index (χ0n) is 15.2. The van der Waals surface area contributed by atoms with Gasteiger partial charge in [-0.25, -0.2) is 0 Å². The van der Waals surface area contributed by atoms with E-state index in [0.717, 1.165) is 17.2 Å². The van der Waals surface area contributed by atoms with E-state index in [1.165, 1.54) is 0 Å². The molecule has 0 fully saturated rings. The van der Waals surface area contributed by atoms with Crippen LogP contribution in [0.1, 0.15) is 18.9 Å². The Hall–Kier alpha value is -1.33. The molecular formula is C19H25BrO3Si. The van der Waals surface area contributed by atoms with Crippen LogP contribution in [0.4, 0.5) is 0 Å². The second kappa shape index (κ2) is 6.88. The highest BCUT2D eigenvalue weighted by atomic mass is 79.9. The first-order chi connectivity index (χ1) is 11.2. The van der Waals surface area contributed by atoms with Crippen molar-refractivity contribution in [3.8, 4) is 11.5 Å². The average Bonchev–Trinajstić information content (AvgIpc) is 2.55. The molecule has 0 aromatic heterocycles. The summed E-state index contributed by atoms with van der Waals surface area (Å²) < 4.78 is 11.5. The second-order valence-corrected chi connectivity index (χ2v) is 13.0. The number of methoxy groups -OCH3 is 2. The SMILES string of the molecule is CCC1(c2ccc(OC)c(OC)c2)C=C(Br)C(=O)C([Si](C)(C)C)=C1. The molecule has 0 bridgehead atoms. The van der Waals surface area contributed by atoms with Gasteiger partial charge in [-0.15, -0.1) is 0 Å². The van der Waals surface area contributed by atoms with Gasteiger partial charge in [0.05, 0.1) is 26.8 Å². The molecule has 2 rings (SSSR count). The summed E-state index contributed by atoms with van der Waals surface area (Å²) in [7, 11) is 1.52. The van der Waals surface area contributed by atoms with Gasteiger partial charge in [0, 0.05) is 5.41 Å². The third-order valence-corrected chi connectivity index (χ3v) is 7.14. The van der Waals surface area contributed by atoms with Gasteiger partial charge < -0.3 is 9.47 Å². The number of hydrogen-bond acceptors (Lipinski definition) is 3. The number of halogens is 1. The first-order valence-corrected chi connectivity index (χ1v) is 12.4. The van der Waals surface area contributed by atoms with Crippen LogP contribution in [0.25, 0.3) is 0 Å². The monoisotopic (exact) mass is 408 g/mol. The normalized spacial score (nSPS) is 21.2. The summed E-state index contributed by atoms with van der Waals surface area (Å²) >= 11 is 3.50. The van der Waals surface area contributed by atoms with Crippen LogP contribution in [0.2, 0.25) is 19.6 Å². The average molecular weight is 409 g/mol. The Kier molecular flexibility index (Phi) is 5.45. The maximum atomic E-state index is 12.6. The van der Waals surface area contributed by atoms with Gasteiger partial charge in [-0.1, -0.05) is 44.8 Å². The minimum atomic E-state index is -1.75. The molecule has 130 valence electrons. The number of Topliss-reactive ketones (excluding diaryl/α,β-unsaturated/α-hetero) is 1. The molecule has 1 aromatic rings. The van der Waals surface area contributed by atoms with Crippen molar-refractivity contribution in [1.82, 2.24) is 0 Å². The fourth-order valence-corrected chi connectivity index (χ4v) is 5.35. The van der Waals surface area contributed by atoms with Crippen molar-refractivity contribution < 1.29 is 14.3 Å². The van der Waals surface area contributed by atoms with Crippen LogP contribution in [-0.2, 0) is 10.2 Å². The van der Waals surface area contributed by atoms with Gasteiger partial charge in [0.2, 0.25) is 0 Å². The van der Waals surface area contributed by atoms with Crippen LogP contribution >= 0.6 is 15.9 Å². The molecule has 1 aliphatic rings. The summed E-state index contributed by atoms with van der Waals surface area (Å²) in [6.07, 6.45) is 5.06. The molecule has 1 atom stereocenters. The fourth-order valence-electron chi connectivity index (χ4n) is 3.04. The van der Waals surface area contributed by atoms with E-state index < -0.39 is 8.07 Å². The Labute approximate surface area is 153 Å². The number of ketones is 1. The summed E-state index contributed by atoms with van der Waals surface area (Å²) in [5.74, 6) is 1.53. The van der Waals surface area contributed by atoms with Crippen LogP contribution in [0.5, 0.6) is 11.5 Å². The highest BCUT2D eigenvalue weighted by molar-refractivity contribution is 9.12. The molecule has 1 aliphatic carbocycles. The molecule has 0 amide bonds. The number of allylic oxidation sites excluding steroid dienone is 4. The topological polar surface area (TPSA) is 35.5 Å². The summed E-state index contributed by atoms with van der Waals surface area (Å²) in [6.45, 7) is 8.76. The Morgan fingerprint density at radius 1 is 1.08 bits per heavy atom. The van der Waals surface area contributed by atoms with Crippen LogP contribution in [0.15, 0.2) is 40.0 Å². The molecule has 0 heterocycles. The lowest BCUT2D eigenvalue weighted by atomic mass is 9.75. The van der Waals surface area contributed by atoms with Crippen molar-refractivity contribution in [3.05, 3.63) is 45.6 Å². The lowest BCUT2D eigenvalue weighted by molar-refractivity contribution is -0.111. The predicted octanol–water partition coefficient (Wildman–Crippen LogP) is 5.02. The molecule has 0 radical (unpaired) electrons. The standard InChI is InChI=1S/C19H25BrO3Si/c1-7-19(13-8-9-15(22-2)16(10-13)23-3)11-14(20)18(21)17(12-19)24(4,5)6/h8-12H,7H2,1-6H3. The lowest BCUT2D eigenvalue weighted by Crippen LogP contribution is -2.36. The zero-order chi connectivity index (χ0) is 18.1. The fraction of sp³-hybridized carbons (Fsp3) is 0.421. The Morgan fingerprint density at radius 3 is 2.21 bits per heavy atom. The molecule has 0 N–H and O–H groups in total. The lowest BCUT2D eigenvalue weighted by Gasteiger charge is -2.35. The van der Waals surface area contributed by atoms with Crippen molar-refractivity contribution in [2.24, 2.45) is 0 Å². The zero-order valence-corrected chi connectivity index (χ0v) is 17.8. The predicted molar refractivity (Wildman–Crippen MR) is 105 cm³/mol. The van der Waals surface area contributed by atoms with E-state index in [0.29, 0.717) is 16.0 Å². The van der Waals surface area contributed by atoms with E-state index in [9.17, 15) is 4.79 Å². The summed E-state index contributed by atoms with van der Waals surface area (Å²) in [6, 6.07) is 5.98. The third-order valence-electron chi connectivity index (χ3n) is 4.56. The van der Waals surface area contributed by atoms with Gasteiger partial charge in [-0.05, 0) is 45.2 Å². The summed E-state index contributed by atoms with van der Waals surface area (Å²) in [5.41, 5.74) is 0.782.